The van der Waals surface area contributed by atoms with Crippen molar-refractivity contribution in [2.75, 3.05) is 20.8 Å². The minimum Gasteiger partial charge on any atom is -0.453 e. The lowest BCUT2D eigenvalue weighted by Crippen LogP contribution is -2.52. The van der Waals surface area contributed by atoms with Crippen molar-refractivity contribution >= 4 is 24.0 Å². The molecule has 2 aromatic heterocycles. The standard InChI is InChI=1S/C53H62N8O6/c1-27(2)46(58-52(64)66-6)50(62)60-26-29(5)20-42(60)48-54-24-39(56-48)32-12-8-30(9-13-32)37-18-19-38(45-35-17-16-34(21-35)44(37)45)31-10-14-33(15-11-31)40-25-55-49(57-40)43-23-36-22-41(36)61(43)51(63)47(28(3)4)59-53(65)67-7/h8-15,18-19,24-25,27-29,34-36,41-43,46-47H,16-17,20-23,26H2,1-7H3,(H,54,56)(H,55,57)(H,58,64)(H,59,65)/t29?,34?,35?,36?,41?,42-,43?,46-,47?/m0/s1. The second kappa shape index (κ2) is 17.7. The number of H-pyrrole nitrogens is 2. The quantitative estimate of drug-likeness (QED) is 0.0958. The molecule has 3 aliphatic carbocycles. The van der Waals surface area contributed by atoms with Gasteiger partial charge in [0.05, 0.1) is 50.1 Å². The van der Waals surface area contributed by atoms with Gasteiger partial charge in [-0.1, -0.05) is 95.3 Å². The summed E-state index contributed by atoms with van der Waals surface area (Å²) in [7, 11) is 2.62. The van der Waals surface area contributed by atoms with Crippen molar-refractivity contribution in [1.29, 1.82) is 0 Å². The number of aromatic nitrogens is 4. The summed E-state index contributed by atoms with van der Waals surface area (Å²) in [6.07, 6.45) is 8.75. The summed E-state index contributed by atoms with van der Waals surface area (Å²) >= 11 is 0. The third-order valence-electron chi connectivity index (χ3n) is 15.3. The topological polar surface area (TPSA) is 175 Å². The van der Waals surface area contributed by atoms with Crippen molar-refractivity contribution in [3.05, 3.63) is 95.8 Å². The van der Waals surface area contributed by atoms with Gasteiger partial charge in [0.1, 0.15) is 23.7 Å². The highest BCUT2D eigenvalue weighted by Crippen LogP contribution is 2.58. The van der Waals surface area contributed by atoms with Crippen LogP contribution in [0.4, 0.5) is 9.59 Å². The number of carbonyl (C=O) groups is 4. The van der Waals surface area contributed by atoms with Crippen LogP contribution in [0.2, 0.25) is 0 Å². The van der Waals surface area contributed by atoms with Crippen LogP contribution in [0.15, 0.2) is 73.1 Å². The van der Waals surface area contributed by atoms with Gasteiger partial charge in [-0.3, -0.25) is 9.59 Å². The number of nitrogens with zero attached hydrogens (tertiary/aromatic N) is 4. The average molecular weight is 907 g/mol. The molecule has 5 aliphatic rings. The predicted octanol–water partition coefficient (Wildman–Crippen LogP) is 9.50. The van der Waals surface area contributed by atoms with Gasteiger partial charge in [-0.15, -0.1) is 0 Å². The van der Waals surface area contributed by atoms with Crippen molar-refractivity contribution in [2.45, 2.75) is 115 Å². The molecule has 350 valence electrons. The molecular formula is C53H62N8O6. The van der Waals surface area contributed by atoms with E-state index >= 15 is 0 Å². The first kappa shape index (κ1) is 44.4. The molecule has 0 spiro atoms. The third kappa shape index (κ3) is 8.15. The Morgan fingerprint density at radius 3 is 1.60 bits per heavy atom. The summed E-state index contributed by atoms with van der Waals surface area (Å²) in [6, 6.07) is 20.6. The largest absolute Gasteiger partial charge is 0.453 e. The predicted molar refractivity (Wildman–Crippen MR) is 254 cm³/mol. The van der Waals surface area contributed by atoms with Gasteiger partial charge in [0, 0.05) is 12.6 Å². The van der Waals surface area contributed by atoms with Crippen LogP contribution in [0.1, 0.15) is 120 Å². The van der Waals surface area contributed by atoms with E-state index in [4.69, 9.17) is 19.4 Å². The fourth-order valence-corrected chi connectivity index (χ4v) is 11.8. The average Bonchev–Trinajstić information content (AvgIpc) is 4.08. The van der Waals surface area contributed by atoms with Gasteiger partial charge in [-0.25, -0.2) is 19.6 Å². The van der Waals surface area contributed by atoms with E-state index in [0.717, 1.165) is 53.4 Å². The van der Waals surface area contributed by atoms with Crippen molar-refractivity contribution in [3.63, 3.8) is 0 Å². The van der Waals surface area contributed by atoms with E-state index in [2.05, 4.69) is 88.2 Å². The maximum atomic E-state index is 13.9. The number of piperidine rings is 1. The number of hydrogen-bond acceptors (Lipinski definition) is 8. The van der Waals surface area contributed by atoms with Gasteiger partial charge >= 0.3 is 12.2 Å². The molecule has 4 fully saturated rings. The number of aromatic amines is 2. The molecule has 3 aromatic carbocycles. The SMILES string of the molecule is COC(=O)NC(C(=O)N1C(c2ncc(-c3ccc(-c4ccc(-c5ccc(-c6cnc([C@@H]7CC(C)CN7C(=O)[C@@H](NC(=O)OC)C(C)C)[nH]6)cc5)c5c4C4CCC5C4)cc3)[nH]2)CC2CC21)C(C)C. The molecule has 10 rings (SSSR count). The van der Waals surface area contributed by atoms with E-state index in [0.29, 0.717) is 24.3 Å². The Morgan fingerprint density at radius 2 is 1.10 bits per heavy atom. The normalized spacial score (nSPS) is 24.4. The van der Waals surface area contributed by atoms with Gasteiger partial charge in [-0.2, -0.15) is 0 Å². The Balaban J connectivity index is 0.856. The Kier molecular flexibility index (Phi) is 11.7. The first-order valence-corrected chi connectivity index (χ1v) is 24.1. The smallest absolute Gasteiger partial charge is 0.407 e. The Bertz CT molecular complexity index is 2570. The molecule has 2 saturated heterocycles. The van der Waals surface area contributed by atoms with Crippen LogP contribution in [0.3, 0.4) is 0 Å². The van der Waals surface area contributed by atoms with Crippen molar-refractivity contribution < 1.29 is 28.7 Å². The van der Waals surface area contributed by atoms with Crippen LogP contribution >= 0.6 is 0 Å². The first-order valence-electron chi connectivity index (χ1n) is 24.1. The fourth-order valence-electron chi connectivity index (χ4n) is 11.8. The number of methoxy groups -OCH3 is 2. The molecule has 0 radical (unpaired) electrons. The first-order chi connectivity index (χ1) is 32.3. The zero-order valence-electron chi connectivity index (χ0n) is 39.5. The molecule has 2 saturated carbocycles. The lowest BCUT2D eigenvalue weighted by Gasteiger charge is -2.31. The maximum Gasteiger partial charge on any atom is 0.407 e. The number of nitrogens with one attached hydrogen (secondary N) is 4. The molecule has 4 amide bonds. The number of likely N-dealkylation sites (tertiary alicyclic amines) is 2. The number of carbonyl (C=O) groups excluding carboxylic acids is 4. The highest BCUT2D eigenvalue weighted by Gasteiger charge is 2.56. The van der Waals surface area contributed by atoms with Crippen LogP contribution in [-0.2, 0) is 19.1 Å². The maximum absolute atomic E-state index is 13.9. The number of rotatable bonds is 12. The Morgan fingerprint density at radius 1 is 0.627 bits per heavy atom. The summed E-state index contributed by atoms with van der Waals surface area (Å²) < 4.78 is 9.65. The van der Waals surface area contributed by atoms with Crippen molar-refractivity contribution in [3.8, 4) is 44.8 Å². The monoisotopic (exact) mass is 906 g/mol. The number of amides is 4. The third-order valence-corrected chi connectivity index (χ3v) is 15.3. The van der Waals surface area contributed by atoms with Crippen LogP contribution in [0.5, 0.6) is 0 Å². The Hall–Kier alpha value is -6.44. The molecule has 14 nitrogen and oxygen atoms in total. The number of ether oxygens (including phenoxy) is 2. The molecule has 2 bridgehead atoms. The number of alkyl carbamates (subject to hydrolysis) is 2. The number of hydrogen-bond donors (Lipinski definition) is 4. The number of fused-ring (bicyclic) bond motifs is 6. The molecule has 7 unspecified atom stereocenters. The molecule has 2 aliphatic heterocycles. The summed E-state index contributed by atoms with van der Waals surface area (Å²) in [5, 5.41) is 5.50. The lowest BCUT2D eigenvalue weighted by molar-refractivity contribution is -0.137. The zero-order chi connectivity index (χ0) is 46.8. The highest BCUT2D eigenvalue weighted by molar-refractivity contribution is 5.88. The van der Waals surface area contributed by atoms with E-state index in [1.807, 2.05) is 49.9 Å². The molecule has 67 heavy (non-hydrogen) atoms. The number of benzene rings is 3. The number of imidazole rings is 2. The van der Waals surface area contributed by atoms with Crippen molar-refractivity contribution in [1.82, 2.24) is 40.4 Å². The van der Waals surface area contributed by atoms with Crippen LogP contribution in [-0.4, -0.2) is 92.6 Å². The van der Waals surface area contributed by atoms with Gasteiger partial charge in [0.25, 0.3) is 0 Å². The summed E-state index contributed by atoms with van der Waals surface area (Å²) in [6.45, 7) is 10.4. The van der Waals surface area contributed by atoms with E-state index in [1.165, 1.54) is 66.9 Å². The summed E-state index contributed by atoms with van der Waals surface area (Å²) in [5.74, 6) is 2.94. The van der Waals surface area contributed by atoms with Gasteiger partial charge in [0.15, 0.2) is 0 Å². The van der Waals surface area contributed by atoms with E-state index in [-0.39, 0.29) is 47.7 Å². The van der Waals surface area contributed by atoms with Crippen molar-refractivity contribution in [2.24, 2.45) is 23.7 Å². The molecule has 9 atom stereocenters. The van der Waals surface area contributed by atoms with Gasteiger partial charge < -0.3 is 39.9 Å². The minimum atomic E-state index is -0.694. The summed E-state index contributed by atoms with van der Waals surface area (Å²) in [5.41, 5.74) is 11.8. The molecule has 4 N–H and O–H groups in total. The van der Waals surface area contributed by atoms with E-state index in [1.54, 1.807) is 0 Å². The molecule has 5 aromatic rings. The Labute approximate surface area is 392 Å². The van der Waals surface area contributed by atoms with E-state index in [9.17, 15) is 19.2 Å². The zero-order valence-corrected chi connectivity index (χ0v) is 39.5. The molecule has 4 heterocycles. The van der Waals surface area contributed by atoms with Gasteiger partial charge in [0.2, 0.25) is 11.8 Å². The minimum absolute atomic E-state index is 0.0862. The van der Waals surface area contributed by atoms with Gasteiger partial charge in [-0.05, 0) is 119 Å². The lowest BCUT2D eigenvalue weighted by atomic mass is 9.81. The fraction of sp³-hybridized carbons (Fsp3) is 0.472. The second-order valence-electron chi connectivity index (χ2n) is 20.3. The highest BCUT2D eigenvalue weighted by atomic mass is 16.5. The van der Waals surface area contributed by atoms with Crippen LogP contribution in [0, 0.1) is 23.7 Å². The molecular weight excluding hydrogens is 845 g/mol. The summed E-state index contributed by atoms with van der Waals surface area (Å²) in [4.78, 5) is 72.5. The second-order valence-corrected chi connectivity index (χ2v) is 20.3. The van der Waals surface area contributed by atoms with Crippen LogP contribution in [0.25, 0.3) is 44.8 Å². The van der Waals surface area contributed by atoms with Crippen LogP contribution < -0.4 is 10.6 Å². The van der Waals surface area contributed by atoms with E-state index < -0.39 is 24.3 Å². The molecule has 14 heteroatoms.